The predicted octanol–water partition coefficient (Wildman–Crippen LogP) is 3.73. The van der Waals surface area contributed by atoms with E-state index < -0.39 is 23.3 Å². The molecule has 0 atom stereocenters. The van der Waals surface area contributed by atoms with Crippen LogP contribution in [0.1, 0.15) is 25.0 Å². The number of rotatable bonds is 3. The SMILES string of the molecule is O=C(Nc1cnc(Br)cn1)C1(n2cc(Br)c(C(F)(F)F)n2)CCC1. The molecule has 1 fully saturated rings. The van der Waals surface area contributed by atoms with Gasteiger partial charge in [-0.3, -0.25) is 9.48 Å². The van der Waals surface area contributed by atoms with Gasteiger partial charge in [-0.05, 0) is 51.1 Å². The second-order valence-corrected chi connectivity index (χ2v) is 7.00. The van der Waals surface area contributed by atoms with E-state index in [9.17, 15) is 18.0 Å². The van der Waals surface area contributed by atoms with Crippen LogP contribution in [0.15, 0.2) is 27.7 Å². The summed E-state index contributed by atoms with van der Waals surface area (Å²) in [6, 6.07) is 0. The van der Waals surface area contributed by atoms with Crippen molar-refractivity contribution in [2.75, 3.05) is 5.32 Å². The summed E-state index contributed by atoms with van der Waals surface area (Å²) in [4.78, 5) is 20.6. The van der Waals surface area contributed by atoms with Gasteiger partial charge in [0, 0.05) is 6.20 Å². The lowest BCUT2D eigenvalue weighted by Crippen LogP contribution is -2.51. The Bertz CT molecular complexity index is 771. The molecule has 11 heteroatoms. The van der Waals surface area contributed by atoms with Crippen LogP contribution in [-0.4, -0.2) is 25.7 Å². The van der Waals surface area contributed by atoms with Crippen LogP contribution in [0.5, 0.6) is 0 Å². The number of carbonyl (C=O) groups excluding carboxylic acids is 1. The molecule has 1 amide bonds. The van der Waals surface area contributed by atoms with Crippen molar-refractivity contribution in [1.82, 2.24) is 19.7 Å². The van der Waals surface area contributed by atoms with Crippen LogP contribution in [0.3, 0.4) is 0 Å². The van der Waals surface area contributed by atoms with Crippen LogP contribution < -0.4 is 5.32 Å². The smallest absolute Gasteiger partial charge is 0.307 e. The van der Waals surface area contributed by atoms with Gasteiger partial charge in [-0.2, -0.15) is 18.3 Å². The minimum absolute atomic E-state index is 0.197. The van der Waals surface area contributed by atoms with Gasteiger partial charge in [-0.15, -0.1) is 0 Å². The summed E-state index contributed by atoms with van der Waals surface area (Å²) in [6.45, 7) is 0. The summed E-state index contributed by atoms with van der Waals surface area (Å²) in [5.41, 5.74) is -2.20. The Hall–Kier alpha value is -1.49. The molecule has 1 N–H and O–H groups in total. The van der Waals surface area contributed by atoms with Crippen LogP contribution >= 0.6 is 31.9 Å². The summed E-state index contributed by atoms with van der Waals surface area (Å²) in [5, 5.41) is 6.18. The van der Waals surface area contributed by atoms with Crippen molar-refractivity contribution < 1.29 is 18.0 Å². The Kier molecular flexibility index (Phi) is 4.41. The Balaban J connectivity index is 1.89. The number of nitrogens with one attached hydrogen (secondary N) is 1. The topological polar surface area (TPSA) is 72.7 Å². The summed E-state index contributed by atoms with van der Waals surface area (Å²) in [6.07, 6.45) is 0.877. The molecule has 24 heavy (non-hydrogen) atoms. The predicted molar refractivity (Wildman–Crippen MR) is 85.1 cm³/mol. The van der Waals surface area contributed by atoms with Crippen molar-refractivity contribution >= 4 is 43.6 Å². The van der Waals surface area contributed by atoms with E-state index in [0.717, 1.165) is 11.1 Å². The summed E-state index contributed by atoms with van der Waals surface area (Å²) < 4.78 is 40.2. The fourth-order valence-corrected chi connectivity index (χ4v) is 3.15. The number of hydrogen-bond donors (Lipinski definition) is 1. The van der Waals surface area contributed by atoms with E-state index in [0.29, 0.717) is 17.4 Å². The van der Waals surface area contributed by atoms with Gasteiger partial charge >= 0.3 is 6.18 Å². The van der Waals surface area contributed by atoms with Crippen molar-refractivity contribution in [2.24, 2.45) is 0 Å². The molecule has 0 radical (unpaired) electrons. The summed E-state index contributed by atoms with van der Waals surface area (Å²) >= 11 is 5.99. The zero-order chi connectivity index (χ0) is 17.5. The molecular formula is C13H10Br2F3N5O. The number of halogens is 5. The van der Waals surface area contributed by atoms with E-state index in [4.69, 9.17) is 0 Å². The van der Waals surface area contributed by atoms with E-state index in [-0.39, 0.29) is 10.3 Å². The maximum atomic E-state index is 12.9. The first kappa shape index (κ1) is 17.3. The number of nitrogens with zero attached hydrogens (tertiary/aromatic N) is 4. The molecule has 0 spiro atoms. The highest BCUT2D eigenvalue weighted by molar-refractivity contribution is 9.10. The van der Waals surface area contributed by atoms with Crippen LogP contribution in [0.2, 0.25) is 0 Å². The second kappa shape index (κ2) is 6.10. The van der Waals surface area contributed by atoms with E-state index in [1.165, 1.54) is 18.6 Å². The summed E-state index contributed by atoms with van der Waals surface area (Å²) in [5.74, 6) is -0.245. The highest BCUT2D eigenvalue weighted by Crippen LogP contribution is 2.42. The lowest BCUT2D eigenvalue weighted by Gasteiger charge is -2.40. The third-order valence-electron chi connectivity index (χ3n) is 3.84. The van der Waals surface area contributed by atoms with Crippen molar-refractivity contribution in [1.29, 1.82) is 0 Å². The van der Waals surface area contributed by atoms with E-state index in [2.05, 4.69) is 52.2 Å². The van der Waals surface area contributed by atoms with E-state index in [1.54, 1.807) is 0 Å². The zero-order valence-electron chi connectivity index (χ0n) is 11.9. The highest BCUT2D eigenvalue weighted by atomic mass is 79.9. The molecule has 0 aliphatic heterocycles. The quantitative estimate of drug-likeness (QED) is 0.744. The molecule has 2 aromatic heterocycles. The van der Waals surface area contributed by atoms with Crippen LogP contribution in [0, 0.1) is 0 Å². The number of aromatic nitrogens is 4. The average molecular weight is 469 g/mol. The van der Waals surface area contributed by atoms with Crippen molar-refractivity contribution in [2.45, 2.75) is 31.0 Å². The standard InChI is InChI=1S/C13H10Br2F3N5O/c14-7-6-23(22-10(7)13(16,17)18)12(2-1-3-12)11(24)21-9-5-19-8(15)4-20-9/h4-6H,1-3H2,(H,20,21,24). The van der Waals surface area contributed by atoms with Crippen molar-refractivity contribution in [3.05, 3.63) is 33.4 Å². The zero-order valence-corrected chi connectivity index (χ0v) is 15.1. The maximum absolute atomic E-state index is 12.9. The van der Waals surface area contributed by atoms with Crippen LogP contribution in [0.25, 0.3) is 0 Å². The van der Waals surface area contributed by atoms with Gasteiger partial charge in [0.15, 0.2) is 11.5 Å². The normalized spacial score (nSPS) is 16.5. The molecule has 0 bridgehead atoms. The first-order valence-corrected chi connectivity index (χ1v) is 8.43. The van der Waals surface area contributed by atoms with Gasteiger partial charge in [-0.25, -0.2) is 9.97 Å². The van der Waals surface area contributed by atoms with Gasteiger partial charge in [0.05, 0.1) is 16.9 Å². The van der Waals surface area contributed by atoms with E-state index >= 15 is 0 Å². The second-order valence-electron chi connectivity index (χ2n) is 5.33. The Morgan fingerprint density at radius 3 is 2.42 bits per heavy atom. The van der Waals surface area contributed by atoms with Crippen molar-refractivity contribution in [3.63, 3.8) is 0 Å². The molecule has 1 aliphatic rings. The van der Waals surface area contributed by atoms with Crippen molar-refractivity contribution in [3.8, 4) is 0 Å². The lowest BCUT2D eigenvalue weighted by molar-refractivity contribution is -0.143. The first-order valence-electron chi connectivity index (χ1n) is 6.84. The van der Waals surface area contributed by atoms with Gasteiger partial charge in [0.1, 0.15) is 10.1 Å². The van der Waals surface area contributed by atoms with Crippen LogP contribution in [0.4, 0.5) is 19.0 Å². The molecule has 128 valence electrons. The van der Waals surface area contributed by atoms with E-state index in [1.807, 2.05) is 0 Å². The molecule has 6 nitrogen and oxygen atoms in total. The molecule has 0 aromatic carbocycles. The molecule has 0 unspecified atom stereocenters. The number of alkyl halides is 3. The minimum Gasteiger partial charge on any atom is -0.307 e. The number of hydrogen-bond acceptors (Lipinski definition) is 4. The first-order chi connectivity index (χ1) is 11.2. The molecule has 0 saturated heterocycles. The lowest BCUT2D eigenvalue weighted by atomic mass is 9.76. The van der Waals surface area contributed by atoms with Crippen LogP contribution in [-0.2, 0) is 16.5 Å². The Labute approximate surface area is 151 Å². The maximum Gasteiger partial charge on any atom is 0.436 e. The molecule has 2 aromatic rings. The molecule has 2 heterocycles. The van der Waals surface area contributed by atoms with Gasteiger partial charge in [-0.1, -0.05) is 0 Å². The minimum atomic E-state index is -4.59. The molecule has 1 aliphatic carbocycles. The Morgan fingerprint density at radius 2 is 1.96 bits per heavy atom. The Morgan fingerprint density at radius 1 is 1.25 bits per heavy atom. The van der Waals surface area contributed by atoms with Gasteiger partial charge in [0.25, 0.3) is 5.91 Å². The third-order valence-corrected chi connectivity index (χ3v) is 4.83. The fraction of sp³-hybridized carbons (Fsp3) is 0.385. The number of anilines is 1. The van der Waals surface area contributed by atoms with Gasteiger partial charge in [0.2, 0.25) is 0 Å². The molecule has 1 saturated carbocycles. The highest BCUT2D eigenvalue weighted by Gasteiger charge is 2.49. The van der Waals surface area contributed by atoms with Gasteiger partial charge < -0.3 is 5.32 Å². The molecule has 3 rings (SSSR count). The molecular weight excluding hydrogens is 459 g/mol. The number of carbonyl (C=O) groups is 1. The average Bonchev–Trinajstić information content (AvgIpc) is 2.82. The monoisotopic (exact) mass is 467 g/mol. The largest absolute Gasteiger partial charge is 0.436 e. The third kappa shape index (κ3) is 3.06. The summed E-state index contributed by atoms with van der Waals surface area (Å²) in [7, 11) is 0. The number of amides is 1. The fourth-order valence-electron chi connectivity index (χ4n) is 2.45.